The summed E-state index contributed by atoms with van der Waals surface area (Å²) in [4.78, 5) is 12.6. The van der Waals surface area contributed by atoms with Crippen LogP contribution < -0.4 is 4.74 Å². The van der Waals surface area contributed by atoms with Crippen molar-refractivity contribution >= 4 is 5.97 Å². The molecule has 1 aromatic rings. The topological polar surface area (TPSA) is 49.8 Å². The maximum atomic E-state index is 10.7. The second kappa shape index (κ2) is 5.40. The van der Waals surface area contributed by atoms with Crippen LogP contribution in [0.15, 0.2) is 18.2 Å². The molecule has 1 aliphatic heterocycles. The molecule has 1 heterocycles. The molecular formula is C14H19NO3. The minimum atomic E-state index is -0.789. The average Bonchev–Trinajstić information content (AvgIpc) is 2.68. The minimum absolute atomic E-state index is 0.0705. The molecule has 1 aliphatic rings. The van der Waals surface area contributed by atoms with Crippen molar-refractivity contribution in [2.75, 3.05) is 19.6 Å². The number of carbonyl (C=O) groups is 1. The molecule has 0 fully saturated rings. The molecular weight excluding hydrogens is 230 g/mol. The molecule has 0 saturated heterocycles. The second-order valence-electron chi connectivity index (χ2n) is 4.78. The molecule has 1 aromatic carbocycles. The van der Waals surface area contributed by atoms with E-state index in [1.54, 1.807) is 0 Å². The first-order valence-corrected chi connectivity index (χ1v) is 6.28. The lowest BCUT2D eigenvalue weighted by Gasteiger charge is -2.21. The number of aliphatic carboxylic acids is 1. The van der Waals surface area contributed by atoms with Crippen LogP contribution in [0.25, 0.3) is 0 Å². The van der Waals surface area contributed by atoms with Gasteiger partial charge in [0.15, 0.2) is 0 Å². The van der Waals surface area contributed by atoms with Crippen LogP contribution in [0.3, 0.4) is 0 Å². The van der Waals surface area contributed by atoms with Gasteiger partial charge in [0.25, 0.3) is 0 Å². The van der Waals surface area contributed by atoms with Crippen LogP contribution in [0.4, 0.5) is 0 Å². The van der Waals surface area contributed by atoms with Crippen LogP contribution in [0, 0.1) is 6.92 Å². The fraction of sp³-hybridized carbons (Fsp3) is 0.500. The largest absolute Gasteiger partial charge is 0.488 e. The normalized spacial score (nSPS) is 17.6. The summed E-state index contributed by atoms with van der Waals surface area (Å²) in [7, 11) is 0. The Bertz CT molecular complexity index is 445. The first-order chi connectivity index (χ1) is 8.58. The highest BCUT2D eigenvalue weighted by Crippen LogP contribution is 2.29. The van der Waals surface area contributed by atoms with Crippen LogP contribution in [0.5, 0.6) is 5.75 Å². The molecule has 98 valence electrons. The molecule has 0 bridgehead atoms. The average molecular weight is 249 g/mol. The third kappa shape index (κ3) is 3.01. The number of fused-ring (bicyclic) bond motifs is 1. The Morgan fingerprint density at radius 3 is 3.00 bits per heavy atom. The van der Waals surface area contributed by atoms with Crippen LogP contribution in [-0.4, -0.2) is 41.7 Å². The van der Waals surface area contributed by atoms with E-state index < -0.39 is 5.97 Å². The van der Waals surface area contributed by atoms with E-state index in [0.29, 0.717) is 6.54 Å². The first-order valence-electron chi connectivity index (χ1n) is 6.28. The van der Waals surface area contributed by atoms with E-state index in [1.807, 2.05) is 24.0 Å². The number of benzene rings is 1. The van der Waals surface area contributed by atoms with Crippen molar-refractivity contribution < 1.29 is 14.6 Å². The summed E-state index contributed by atoms with van der Waals surface area (Å²) in [6.07, 6.45) is 0.939. The number of hydrogen-bond acceptors (Lipinski definition) is 3. The summed E-state index contributed by atoms with van der Waals surface area (Å²) in [6.45, 7) is 5.50. The predicted molar refractivity (Wildman–Crippen MR) is 69.0 cm³/mol. The van der Waals surface area contributed by atoms with Gasteiger partial charge in [0.1, 0.15) is 11.9 Å². The van der Waals surface area contributed by atoms with Crippen molar-refractivity contribution in [1.29, 1.82) is 0 Å². The highest BCUT2D eigenvalue weighted by atomic mass is 16.5. The van der Waals surface area contributed by atoms with E-state index in [-0.39, 0.29) is 12.6 Å². The van der Waals surface area contributed by atoms with E-state index in [4.69, 9.17) is 9.84 Å². The number of likely N-dealkylation sites (N-methyl/N-ethyl adjacent to an activating group) is 1. The standard InChI is InChI=1S/C14H19NO3/c1-3-15(9-14(16)17)8-12-7-11-6-10(2)4-5-13(11)18-12/h4-6,12H,3,7-9H2,1-2H3,(H,16,17). The summed E-state index contributed by atoms with van der Waals surface area (Å²) >= 11 is 0. The number of ether oxygens (including phenoxy) is 1. The zero-order chi connectivity index (χ0) is 13.1. The SMILES string of the molecule is CCN(CC(=O)O)CC1Cc2cc(C)ccc2O1. The molecule has 0 saturated carbocycles. The van der Waals surface area contributed by atoms with Gasteiger partial charge in [-0.2, -0.15) is 0 Å². The quantitative estimate of drug-likeness (QED) is 0.863. The smallest absolute Gasteiger partial charge is 0.317 e. The van der Waals surface area contributed by atoms with Crippen LogP contribution in [0.2, 0.25) is 0 Å². The van der Waals surface area contributed by atoms with Crippen LogP contribution in [-0.2, 0) is 11.2 Å². The van der Waals surface area contributed by atoms with Crippen molar-refractivity contribution in [3.63, 3.8) is 0 Å². The first kappa shape index (κ1) is 12.9. The van der Waals surface area contributed by atoms with Crippen LogP contribution in [0.1, 0.15) is 18.1 Å². The van der Waals surface area contributed by atoms with Crippen LogP contribution >= 0.6 is 0 Å². The van der Waals surface area contributed by atoms with Gasteiger partial charge in [-0.1, -0.05) is 24.6 Å². The Hall–Kier alpha value is -1.55. The fourth-order valence-corrected chi connectivity index (χ4v) is 2.34. The van der Waals surface area contributed by atoms with Gasteiger partial charge >= 0.3 is 5.97 Å². The molecule has 1 unspecified atom stereocenters. The van der Waals surface area contributed by atoms with E-state index in [2.05, 4.69) is 13.0 Å². The van der Waals surface area contributed by atoms with Gasteiger partial charge in [-0.25, -0.2) is 0 Å². The van der Waals surface area contributed by atoms with Gasteiger partial charge in [-0.15, -0.1) is 0 Å². The number of carboxylic acid groups (broad SMARTS) is 1. The van der Waals surface area contributed by atoms with E-state index >= 15 is 0 Å². The van der Waals surface area contributed by atoms with Gasteiger partial charge in [-0.3, -0.25) is 9.69 Å². The molecule has 4 heteroatoms. The third-order valence-electron chi connectivity index (χ3n) is 3.23. The number of hydrogen-bond donors (Lipinski definition) is 1. The Balaban J connectivity index is 1.96. The molecule has 0 aromatic heterocycles. The van der Waals surface area contributed by atoms with Crippen molar-refractivity contribution in [2.45, 2.75) is 26.4 Å². The molecule has 0 spiro atoms. The number of rotatable bonds is 5. The monoisotopic (exact) mass is 249 g/mol. The van der Waals surface area contributed by atoms with Crippen molar-refractivity contribution in [2.24, 2.45) is 0 Å². The number of nitrogens with zero attached hydrogens (tertiary/aromatic N) is 1. The van der Waals surface area contributed by atoms with E-state index in [0.717, 1.165) is 18.7 Å². The molecule has 0 aliphatic carbocycles. The second-order valence-corrected chi connectivity index (χ2v) is 4.78. The zero-order valence-electron chi connectivity index (χ0n) is 10.8. The molecule has 1 atom stereocenters. The van der Waals surface area contributed by atoms with Gasteiger partial charge < -0.3 is 9.84 Å². The van der Waals surface area contributed by atoms with E-state index in [1.165, 1.54) is 11.1 Å². The van der Waals surface area contributed by atoms with Gasteiger partial charge in [0.05, 0.1) is 6.54 Å². The van der Waals surface area contributed by atoms with Gasteiger partial charge in [0.2, 0.25) is 0 Å². The van der Waals surface area contributed by atoms with E-state index in [9.17, 15) is 4.79 Å². The Morgan fingerprint density at radius 1 is 1.56 bits per heavy atom. The summed E-state index contributed by atoms with van der Waals surface area (Å²) in [5.74, 6) is 0.153. The van der Waals surface area contributed by atoms with Crippen molar-refractivity contribution in [3.8, 4) is 5.75 Å². The molecule has 4 nitrogen and oxygen atoms in total. The minimum Gasteiger partial charge on any atom is -0.488 e. The highest BCUT2D eigenvalue weighted by molar-refractivity contribution is 5.69. The lowest BCUT2D eigenvalue weighted by atomic mass is 10.1. The summed E-state index contributed by atoms with van der Waals surface area (Å²) < 4.78 is 5.84. The maximum Gasteiger partial charge on any atom is 0.317 e. The predicted octanol–water partition coefficient (Wildman–Crippen LogP) is 1.71. The lowest BCUT2D eigenvalue weighted by molar-refractivity contribution is -0.138. The summed E-state index contributed by atoms with van der Waals surface area (Å²) in [5, 5.41) is 8.82. The van der Waals surface area contributed by atoms with Gasteiger partial charge in [0, 0.05) is 13.0 Å². The number of aryl methyl sites for hydroxylation is 1. The Labute approximate surface area is 107 Å². The lowest BCUT2D eigenvalue weighted by Crippen LogP contribution is -2.38. The maximum absolute atomic E-state index is 10.7. The molecule has 0 amide bonds. The molecule has 1 N–H and O–H groups in total. The summed E-state index contributed by atoms with van der Waals surface area (Å²) in [5.41, 5.74) is 2.46. The molecule has 18 heavy (non-hydrogen) atoms. The fourth-order valence-electron chi connectivity index (χ4n) is 2.34. The summed E-state index contributed by atoms with van der Waals surface area (Å²) in [6, 6.07) is 6.18. The Morgan fingerprint density at radius 2 is 2.33 bits per heavy atom. The highest BCUT2D eigenvalue weighted by Gasteiger charge is 2.25. The molecule has 2 rings (SSSR count). The zero-order valence-corrected chi connectivity index (χ0v) is 10.8. The molecule has 0 radical (unpaired) electrons. The van der Waals surface area contributed by atoms with Crippen molar-refractivity contribution in [1.82, 2.24) is 4.90 Å². The van der Waals surface area contributed by atoms with Crippen molar-refractivity contribution in [3.05, 3.63) is 29.3 Å². The van der Waals surface area contributed by atoms with Gasteiger partial charge in [-0.05, 0) is 25.1 Å². The Kier molecular flexibility index (Phi) is 3.87. The number of carboxylic acids is 1. The third-order valence-corrected chi connectivity index (χ3v) is 3.23.